The Morgan fingerprint density at radius 3 is 2.75 bits per heavy atom. The SMILES string of the molecule is CC1=C(C#N)C(N)(c2ccccc2F)N=C1. The second kappa shape index (κ2) is 3.54. The molecule has 1 unspecified atom stereocenters. The van der Waals surface area contributed by atoms with Crippen LogP contribution in [-0.4, -0.2) is 6.21 Å². The monoisotopic (exact) mass is 215 g/mol. The second-order valence-electron chi connectivity index (χ2n) is 3.67. The van der Waals surface area contributed by atoms with Crippen molar-refractivity contribution in [2.45, 2.75) is 12.6 Å². The van der Waals surface area contributed by atoms with E-state index in [1.165, 1.54) is 12.3 Å². The quantitative estimate of drug-likeness (QED) is 0.777. The molecule has 0 radical (unpaired) electrons. The predicted octanol–water partition coefficient (Wildman–Crippen LogP) is 1.86. The van der Waals surface area contributed by atoms with Crippen LogP contribution in [0.15, 0.2) is 40.4 Å². The van der Waals surface area contributed by atoms with Gasteiger partial charge in [-0.3, -0.25) is 10.7 Å². The van der Waals surface area contributed by atoms with Gasteiger partial charge in [0, 0.05) is 11.8 Å². The molecule has 1 aliphatic rings. The van der Waals surface area contributed by atoms with Gasteiger partial charge in [0.2, 0.25) is 0 Å². The van der Waals surface area contributed by atoms with Crippen molar-refractivity contribution in [3.05, 3.63) is 46.8 Å². The normalized spacial score (nSPS) is 23.6. The lowest BCUT2D eigenvalue weighted by Gasteiger charge is -2.22. The van der Waals surface area contributed by atoms with Crippen molar-refractivity contribution in [3.8, 4) is 6.07 Å². The molecule has 2 rings (SSSR count). The van der Waals surface area contributed by atoms with Crippen molar-refractivity contribution in [2.24, 2.45) is 10.7 Å². The molecule has 1 atom stereocenters. The summed E-state index contributed by atoms with van der Waals surface area (Å²) in [4.78, 5) is 4.05. The summed E-state index contributed by atoms with van der Waals surface area (Å²) in [6, 6.07) is 8.09. The summed E-state index contributed by atoms with van der Waals surface area (Å²) in [6.07, 6.45) is 1.50. The molecule has 0 bridgehead atoms. The Labute approximate surface area is 92.7 Å². The van der Waals surface area contributed by atoms with E-state index in [9.17, 15) is 4.39 Å². The highest BCUT2D eigenvalue weighted by Crippen LogP contribution is 2.34. The summed E-state index contributed by atoms with van der Waals surface area (Å²) in [5.41, 5.74) is 5.82. The molecule has 2 N–H and O–H groups in total. The number of rotatable bonds is 1. The van der Waals surface area contributed by atoms with Crippen LogP contribution in [0.2, 0.25) is 0 Å². The Hall–Kier alpha value is -1.99. The summed E-state index contributed by atoms with van der Waals surface area (Å²) in [5.74, 6) is -0.454. The zero-order valence-electron chi connectivity index (χ0n) is 8.74. The Morgan fingerprint density at radius 1 is 1.44 bits per heavy atom. The van der Waals surface area contributed by atoms with Crippen LogP contribution >= 0.6 is 0 Å². The standard InChI is InChI=1S/C12H10FN3/c1-8-7-16-12(15,10(8)6-14)9-4-2-3-5-11(9)13/h2-5,7H,15H2,1H3. The van der Waals surface area contributed by atoms with Crippen LogP contribution in [0.3, 0.4) is 0 Å². The van der Waals surface area contributed by atoms with E-state index in [2.05, 4.69) is 4.99 Å². The maximum absolute atomic E-state index is 13.6. The van der Waals surface area contributed by atoms with Crippen molar-refractivity contribution in [3.63, 3.8) is 0 Å². The number of nitrogens with two attached hydrogens (primary N) is 1. The Morgan fingerprint density at radius 2 is 2.12 bits per heavy atom. The van der Waals surface area contributed by atoms with Gasteiger partial charge in [-0.2, -0.15) is 5.26 Å². The van der Waals surface area contributed by atoms with Gasteiger partial charge in [0.05, 0.1) is 11.6 Å². The summed E-state index contributed by atoms with van der Waals surface area (Å²) in [5, 5.41) is 9.03. The van der Waals surface area contributed by atoms with Gasteiger partial charge in [-0.25, -0.2) is 4.39 Å². The number of nitriles is 1. The first kappa shape index (κ1) is 10.5. The fourth-order valence-corrected chi connectivity index (χ4v) is 1.78. The summed E-state index contributed by atoms with van der Waals surface area (Å²) >= 11 is 0. The predicted molar refractivity (Wildman–Crippen MR) is 59.1 cm³/mol. The van der Waals surface area contributed by atoms with Crippen molar-refractivity contribution >= 4 is 6.21 Å². The van der Waals surface area contributed by atoms with Gasteiger partial charge in [-0.15, -0.1) is 0 Å². The van der Waals surface area contributed by atoms with E-state index >= 15 is 0 Å². The first-order chi connectivity index (χ1) is 7.59. The minimum absolute atomic E-state index is 0.222. The van der Waals surface area contributed by atoms with Crippen LogP contribution in [0, 0.1) is 17.1 Å². The van der Waals surface area contributed by atoms with Crippen molar-refractivity contribution in [2.75, 3.05) is 0 Å². The number of allylic oxidation sites excluding steroid dienone is 1. The summed E-state index contributed by atoms with van der Waals surface area (Å²) in [7, 11) is 0. The molecule has 0 aliphatic carbocycles. The zero-order chi connectivity index (χ0) is 11.8. The highest BCUT2D eigenvalue weighted by atomic mass is 19.1. The second-order valence-corrected chi connectivity index (χ2v) is 3.67. The topological polar surface area (TPSA) is 62.2 Å². The van der Waals surface area contributed by atoms with Gasteiger partial charge in [0.25, 0.3) is 0 Å². The minimum Gasteiger partial charge on any atom is -0.299 e. The molecule has 0 saturated carbocycles. The third-order valence-corrected chi connectivity index (χ3v) is 2.63. The number of aliphatic imine (C=N–C) groups is 1. The van der Waals surface area contributed by atoms with E-state index < -0.39 is 11.5 Å². The largest absolute Gasteiger partial charge is 0.299 e. The number of halogens is 1. The fourth-order valence-electron chi connectivity index (χ4n) is 1.78. The van der Waals surface area contributed by atoms with Gasteiger partial charge in [-0.05, 0) is 18.6 Å². The number of nitrogens with zero attached hydrogens (tertiary/aromatic N) is 2. The molecular weight excluding hydrogens is 205 g/mol. The summed E-state index contributed by atoms with van der Waals surface area (Å²) in [6.45, 7) is 1.73. The molecule has 0 saturated heterocycles. The van der Waals surface area contributed by atoms with Crippen LogP contribution in [0.25, 0.3) is 0 Å². The molecule has 4 heteroatoms. The molecule has 0 spiro atoms. The summed E-state index contributed by atoms with van der Waals surface area (Å²) < 4.78 is 13.6. The van der Waals surface area contributed by atoms with E-state index in [0.717, 1.165) is 0 Å². The smallest absolute Gasteiger partial charge is 0.172 e. The van der Waals surface area contributed by atoms with Crippen LogP contribution < -0.4 is 5.73 Å². The van der Waals surface area contributed by atoms with Gasteiger partial charge in [0.1, 0.15) is 5.82 Å². The van der Waals surface area contributed by atoms with E-state index in [0.29, 0.717) is 5.57 Å². The molecule has 1 aliphatic heterocycles. The minimum atomic E-state index is -1.37. The Bertz CT molecular complexity index is 539. The van der Waals surface area contributed by atoms with Crippen molar-refractivity contribution in [1.29, 1.82) is 5.26 Å². The highest BCUT2D eigenvalue weighted by Gasteiger charge is 2.37. The van der Waals surface area contributed by atoms with Crippen molar-refractivity contribution < 1.29 is 4.39 Å². The van der Waals surface area contributed by atoms with Crippen LogP contribution in [0.5, 0.6) is 0 Å². The van der Waals surface area contributed by atoms with Crippen LogP contribution in [-0.2, 0) is 5.66 Å². The third kappa shape index (κ3) is 1.34. The molecular formula is C12H10FN3. The molecule has 3 nitrogen and oxygen atoms in total. The lowest BCUT2D eigenvalue weighted by Crippen LogP contribution is -2.35. The molecule has 1 aromatic carbocycles. The lowest BCUT2D eigenvalue weighted by molar-refractivity contribution is 0.520. The molecule has 0 aromatic heterocycles. The number of hydrogen-bond donors (Lipinski definition) is 1. The van der Waals surface area contributed by atoms with Crippen molar-refractivity contribution in [1.82, 2.24) is 0 Å². The number of benzene rings is 1. The van der Waals surface area contributed by atoms with E-state index in [1.54, 1.807) is 25.1 Å². The maximum atomic E-state index is 13.6. The average Bonchev–Trinajstić information content (AvgIpc) is 2.56. The van der Waals surface area contributed by atoms with Gasteiger partial charge >= 0.3 is 0 Å². The Balaban J connectivity index is 2.63. The molecule has 1 aromatic rings. The molecule has 16 heavy (non-hydrogen) atoms. The molecule has 80 valence electrons. The fraction of sp³-hybridized carbons (Fsp3) is 0.167. The van der Waals surface area contributed by atoms with Gasteiger partial charge < -0.3 is 0 Å². The molecule has 0 fully saturated rings. The number of hydrogen-bond acceptors (Lipinski definition) is 3. The highest BCUT2D eigenvalue weighted by molar-refractivity contribution is 5.85. The van der Waals surface area contributed by atoms with Crippen LogP contribution in [0.4, 0.5) is 4.39 Å². The lowest BCUT2D eigenvalue weighted by atomic mass is 9.92. The van der Waals surface area contributed by atoms with Crippen LogP contribution in [0.1, 0.15) is 12.5 Å². The molecule has 0 amide bonds. The van der Waals surface area contributed by atoms with E-state index in [1.807, 2.05) is 6.07 Å². The first-order valence-electron chi connectivity index (χ1n) is 4.80. The zero-order valence-corrected chi connectivity index (χ0v) is 8.74. The maximum Gasteiger partial charge on any atom is 0.172 e. The first-order valence-corrected chi connectivity index (χ1v) is 4.80. The molecule has 1 heterocycles. The Kier molecular flexibility index (Phi) is 2.33. The third-order valence-electron chi connectivity index (χ3n) is 2.63. The van der Waals surface area contributed by atoms with E-state index in [4.69, 9.17) is 11.0 Å². The average molecular weight is 215 g/mol. The van der Waals surface area contributed by atoms with E-state index in [-0.39, 0.29) is 11.1 Å². The van der Waals surface area contributed by atoms with Gasteiger partial charge in [-0.1, -0.05) is 18.2 Å². The van der Waals surface area contributed by atoms with Gasteiger partial charge in [0.15, 0.2) is 5.66 Å².